The zero-order chi connectivity index (χ0) is 15.5. The van der Waals surface area contributed by atoms with E-state index in [1.807, 2.05) is 32.0 Å². The van der Waals surface area contributed by atoms with Gasteiger partial charge in [0.25, 0.3) is 0 Å². The number of carbonyl (C=O) groups is 1. The van der Waals surface area contributed by atoms with Gasteiger partial charge in [-0.25, -0.2) is 0 Å². The van der Waals surface area contributed by atoms with Gasteiger partial charge in [-0.3, -0.25) is 4.79 Å². The third-order valence-electron chi connectivity index (χ3n) is 2.88. The van der Waals surface area contributed by atoms with Crippen molar-refractivity contribution in [2.24, 2.45) is 0 Å². The van der Waals surface area contributed by atoms with Crippen molar-refractivity contribution in [1.82, 2.24) is 5.32 Å². The highest BCUT2D eigenvalue weighted by Crippen LogP contribution is 2.28. The lowest BCUT2D eigenvalue weighted by molar-refractivity contribution is -0.121. The van der Waals surface area contributed by atoms with Gasteiger partial charge in [0.2, 0.25) is 5.91 Å². The molecule has 0 saturated heterocycles. The van der Waals surface area contributed by atoms with Crippen molar-refractivity contribution in [3.63, 3.8) is 0 Å². The second-order valence-electron chi connectivity index (χ2n) is 4.49. The number of hydrogen-bond donors (Lipinski definition) is 1. The number of ether oxygens (including phenoxy) is 3. The first kappa shape index (κ1) is 17.3. The lowest BCUT2D eigenvalue weighted by Crippen LogP contribution is -2.26. The van der Waals surface area contributed by atoms with Crippen molar-refractivity contribution >= 4 is 5.91 Å². The molecule has 1 aromatic carbocycles. The van der Waals surface area contributed by atoms with Crippen LogP contribution in [-0.4, -0.2) is 39.4 Å². The molecule has 0 atom stereocenters. The van der Waals surface area contributed by atoms with E-state index in [1.165, 1.54) is 0 Å². The van der Waals surface area contributed by atoms with Crippen LogP contribution in [-0.2, 0) is 16.0 Å². The molecule has 0 radical (unpaired) electrons. The van der Waals surface area contributed by atoms with Crippen LogP contribution >= 0.6 is 0 Å². The van der Waals surface area contributed by atoms with Crippen LogP contribution in [0.15, 0.2) is 18.2 Å². The van der Waals surface area contributed by atoms with Crippen molar-refractivity contribution in [2.45, 2.75) is 26.7 Å². The Balaban J connectivity index is 2.51. The first-order chi connectivity index (χ1) is 10.2. The van der Waals surface area contributed by atoms with Crippen molar-refractivity contribution in [1.29, 1.82) is 0 Å². The molecule has 0 spiro atoms. The van der Waals surface area contributed by atoms with Gasteiger partial charge in [0.05, 0.1) is 19.8 Å². The normalized spacial score (nSPS) is 10.2. The molecule has 0 heterocycles. The molecule has 0 saturated carbocycles. The van der Waals surface area contributed by atoms with E-state index in [9.17, 15) is 4.79 Å². The monoisotopic (exact) mass is 295 g/mol. The van der Waals surface area contributed by atoms with Gasteiger partial charge in [-0.15, -0.1) is 0 Å². The maximum Gasteiger partial charge on any atom is 0.222 e. The average Bonchev–Trinajstić information content (AvgIpc) is 2.48. The number of hydrogen-bond acceptors (Lipinski definition) is 4. The van der Waals surface area contributed by atoms with Crippen molar-refractivity contribution in [3.8, 4) is 11.5 Å². The van der Waals surface area contributed by atoms with Crippen molar-refractivity contribution in [2.75, 3.05) is 33.5 Å². The van der Waals surface area contributed by atoms with Crippen LogP contribution in [0.3, 0.4) is 0 Å². The molecule has 1 amide bonds. The number of benzene rings is 1. The Morgan fingerprint density at radius 2 is 1.86 bits per heavy atom. The quantitative estimate of drug-likeness (QED) is 0.719. The first-order valence-electron chi connectivity index (χ1n) is 7.35. The Labute approximate surface area is 126 Å². The van der Waals surface area contributed by atoms with Crippen molar-refractivity contribution in [3.05, 3.63) is 23.8 Å². The lowest BCUT2D eigenvalue weighted by atomic mass is 10.1. The summed E-state index contributed by atoms with van der Waals surface area (Å²) in [6.07, 6.45) is 1.15. The van der Waals surface area contributed by atoms with Crippen molar-refractivity contribution < 1.29 is 19.0 Å². The van der Waals surface area contributed by atoms with Gasteiger partial charge in [-0.1, -0.05) is 6.07 Å². The Bertz CT molecular complexity index is 434. The van der Waals surface area contributed by atoms with E-state index < -0.39 is 0 Å². The van der Waals surface area contributed by atoms with Crippen LogP contribution in [0.1, 0.15) is 25.8 Å². The molecule has 0 unspecified atom stereocenters. The molecular weight excluding hydrogens is 270 g/mol. The maximum absolute atomic E-state index is 11.5. The standard InChI is InChI=1S/C16H25NO4/c1-4-20-14-7-6-13(12-15(14)21-5-2)8-10-17-16(18)9-11-19-3/h6-7,12H,4-5,8-11H2,1-3H3,(H,17,18). The van der Waals surface area contributed by atoms with E-state index in [-0.39, 0.29) is 5.91 Å². The summed E-state index contributed by atoms with van der Waals surface area (Å²) < 4.78 is 16.0. The van der Waals surface area contributed by atoms with Gasteiger partial charge >= 0.3 is 0 Å². The molecule has 1 rings (SSSR count). The fourth-order valence-electron chi connectivity index (χ4n) is 1.88. The molecule has 0 aliphatic heterocycles. The fourth-order valence-corrected chi connectivity index (χ4v) is 1.88. The molecule has 118 valence electrons. The molecule has 21 heavy (non-hydrogen) atoms. The average molecular weight is 295 g/mol. The minimum absolute atomic E-state index is 0.00724. The Morgan fingerprint density at radius 3 is 2.52 bits per heavy atom. The van der Waals surface area contributed by atoms with E-state index >= 15 is 0 Å². The minimum atomic E-state index is 0.00724. The molecule has 5 heteroatoms. The topological polar surface area (TPSA) is 56.8 Å². The predicted octanol–water partition coefficient (Wildman–Crippen LogP) is 2.18. The largest absolute Gasteiger partial charge is 0.490 e. The molecule has 1 N–H and O–H groups in total. The summed E-state index contributed by atoms with van der Waals surface area (Å²) in [5.74, 6) is 1.52. The Morgan fingerprint density at radius 1 is 1.14 bits per heavy atom. The molecule has 1 aromatic rings. The highest BCUT2D eigenvalue weighted by atomic mass is 16.5. The summed E-state index contributed by atoms with van der Waals surface area (Å²) in [5.41, 5.74) is 1.11. The predicted molar refractivity (Wildman–Crippen MR) is 82.0 cm³/mol. The van der Waals surface area contributed by atoms with Gasteiger partial charge in [0, 0.05) is 20.1 Å². The number of amides is 1. The lowest BCUT2D eigenvalue weighted by Gasteiger charge is -2.12. The SMILES string of the molecule is CCOc1ccc(CCNC(=O)CCOC)cc1OCC. The van der Waals surface area contributed by atoms with Gasteiger partial charge in [-0.2, -0.15) is 0 Å². The molecule has 0 aliphatic rings. The summed E-state index contributed by atoms with van der Waals surface area (Å²) in [6, 6.07) is 5.88. The summed E-state index contributed by atoms with van der Waals surface area (Å²) in [5, 5.41) is 2.87. The molecule has 0 aromatic heterocycles. The third kappa shape index (κ3) is 6.49. The number of carbonyl (C=O) groups excluding carboxylic acids is 1. The first-order valence-corrected chi connectivity index (χ1v) is 7.35. The Kier molecular flexibility index (Phi) is 8.28. The minimum Gasteiger partial charge on any atom is -0.490 e. The van der Waals surface area contributed by atoms with Crippen LogP contribution in [0.4, 0.5) is 0 Å². The van der Waals surface area contributed by atoms with Crippen LogP contribution in [0.25, 0.3) is 0 Å². The Hall–Kier alpha value is -1.75. The molecular formula is C16H25NO4. The van der Waals surface area contributed by atoms with Crippen LogP contribution in [0, 0.1) is 0 Å². The summed E-state index contributed by atoms with van der Waals surface area (Å²) in [6.45, 7) is 6.13. The number of rotatable bonds is 10. The van der Waals surface area contributed by atoms with Gasteiger partial charge in [0.15, 0.2) is 11.5 Å². The molecule has 5 nitrogen and oxygen atoms in total. The van der Waals surface area contributed by atoms with Crippen LogP contribution in [0.2, 0.25) is 0 Å². The van der Waals surface area contributed by atoms with E-state index in [1.54, 1.807) is 7.11 Å². The highest BCUT2D eigenvalue weighted by Gasteiger charge is 2.06. The van der Waals surface area contributed by atoms with Gasteiger partial charge in [0.1, 0.15) is 0 Å². The summed E-state index contributed by atoms with van der Waals surface area (Å²) >= 11 is 0. The van der Waals surface area contributed by atoms with Crippen LogP contribution < -0.4 is 14.8 Å². The zero-order valence-corrected chi connectivity index (χ0v) is 13.1. The molecule has 0 aliphatic carbocycles. The van der Waals surface area contributed by atoms with Gasteiger partial charge < -0.3 is 19.5 Å². The van der Waals surface area contributed by atoms with E-state index in [0.29, 0.717) is 32.8 Å². The highest BCUT2D eigenvalue weighted by molar-refractivity contribution is 5.75. The van der Waals surface area contributed by atoms with E-state index in [0.717, 1.165) is 23.5 Å². The maximum atomic E-state index is 11.5. The molecule has 0 fully saturated rings. The smallest absolute Gasteiger partial charge is 0.222 e. The second kappa shape index (κ2) is 10.0. The van der Waals surface area contributed by atoms with Gasteiger partial charge in [-0.05, 0) is 38.0 Å². The van der Waals surface area contributed by atoms with E-state index in [2.05, 4.69) is 5.32 Å². The fraction of sp³-hybridized carbons (Fsp3) is 0.562. The number of methoxy groups -OCH3 is 1. The molecule has 0 bridgehead atoms. The number of nitrogens with one attached hydrogen (secondary N) is 1. The second-order valence-corrected chi connectivity index (χ2v) is 4.49. The van der Waals surface area contributed by atoms with Crippen LogP contribution in [0.5, 0.6) is 11.5 Å². The summed E-state index contributed by atoms with van der Waals surface area (Å²) in [7, 11) is 1.59. The van der Waals surface area contributed by atoms with E-state index in [4.69, 9.17) is 14.2 Å². The third-order valence-corrected chi connectivity index (χ3v) is 2.88. The zero-order valence-electron chi connectivity index (χ0n) is 13.1. The summed E-state index contributed by atoms with van der Waals surface area (Å²) in [4.78, 5) is 11.5.